The Morgan fingerprint density at radius 3 is 1.96 bits per heavy atom. The molecule has 126 valence electrons. The zero-order valence-electron chi connectivity index (χ0n) is 16.6. The first-order chi connectivity index (χ1) is 10.3. The van der Waals surface area contributed by atoms with Gasteiger partial charge in [-0.2, -0.15) is 0 Å². The molecule has 0 bridgehead atoms. The SMILES string of the molecule is C/C(=C\c1c(C)c(C)c2cc(C(C)(C)C)sc2c1C)C(C)(C)C. The van der Waals surface area contributed by atoms with Crippen molar-refractivity contribution in [1.82, 2.24) is 0 Å². The van der Waals surface area contributed by atoms with E-state index in [1.807, 2.05) is 11.3 Å². The summed E-state index contributed by atoms with van der Waals surface area (Å²) in [4.78, 5) is 1.48. The first-order valence-electron chi connectivity index (χ1n) is 8.56. The van der Waals surface area contributed by atoms with Crippen LogP contribution in [0.5, 0.6) is 0 Å². The van der Waals surface area contributed by atoms with Gasteiger partial charge in [-0.1, -0.05) is 53.2 Å². The molecule has 1 heterocycles. The van der Waals surface area contributed by atoms with Crippen LogP contribution >= 0.6 is 11.3 Å². The zero-order chi connectivity index (χ0) is 17.7. The number of fused-ring (bicyclic) bond motifs is 1. The first-order valence-corrected chi connectivity index (χ1v) is 9.38. The standard InChI is InChI=1S/C22H32S/c1-13(21(5,6)7)11-17-14(2)15(3)18-12-19(22(8,9)10)23-20(18)16(17)4/h11-12H,1-10H3/b13-11+. The molecular formula is C22H32S. The highest BCUT2D eigenvalue weighted by Gasteiger charge is 2.21. The fourth-order valence-electron chi connectivity index (χ4n) is 2.77. The Bertz CT molecular complexity index is 771. The average Bonchev–Trinajstić information content (AvgIpc) is 2.85. The van der Waals surface area contributed by atoms with E-state index in [-0.39, 0.29) is 10.8 Å². The van der Waals surface area contributed by atoms with E-state index in [1.165, 1.54) is 42.8 Å². The number of aryl methyl sites for hydroxylation is 2. The molecule has 0 nitrogen and oxygen atoms in total. The lowest BCUT2D eigenvalue weighted by Gasteiger charge is -2.21. The summed E-state index contributed by atoms with van der Waals surface area (Å²) in [6, 6.07) is 2.42. The molecule has 1 heteroatoms. The molecule has 23 heavy (non-hydrogen) atoms. The molecule has 0 saturated carbocycles. The van der Waals surface area contributed by atoms with Crippen molar-refractivity contribution < 1.29 is 0 Å². The van der Waals surface area contributed by atoms with Crippen molar-refractivity contribution in [2.45, 2.75) is 74.7 Å². The van der Waals surface area contributed by atoms with Crippen molar-refractivity contribution >= 4 is 27.5 Å². The number of allylic oxidation sites excluding steroid dienone is 1. The molecule has 0 fully saturated rings. The van der Waals surface area contributed by atoms with E-state index in [4.69, 9.17) is 0 Å². The van der Waals surface area contributed by atoms with E-state index in [0.29, 0.717) is 0 Å². The molecule has 0 amide bonds. The molecule has 0 radical (unpaired) electrons. The van der Waals surface area contributed by atoms with Gasteiger partial charge in [0.05, 0.1) is 0 Å². The van der Waals surface area contributed by atoms with E-state index in [1.54, 1.807) is 0 Å². The topological polar surface area (TPSA) is 0 Å². The van der Waals surface area contributed by atoms with Crippen LogP contribution in [0.25, 0.3) is 16.2 Å². The second-order valence-corrected chi connectivity index (χ2v) is 10.0. The first kappa shape index (κ1) is 18.3. The van der Waals surface area contributed by atoms with Crippen molar-refractivity contribution in [3.05, 3.63) is 38.8 Å². The van der Waals surface area contributed by atoms with Crippen LogP contribution in [-0.2, 0) is 5.41 Å². The van der Waals surface area contributed by atoms with E-state index < -0.39 is 0 Å². The highest BCUT2D eigenvalue weighted by Crippen LogP contribution is 2.41. The monoisotopic (exact) mass is 328 g/mol. The minimum atomic E-state index is 0.216. The second kappa shape index (κ2) is 5.77. The molecule has 0 unspecified atom stereocenters. The minimum absolute atomic E-state index is 0.216. The summed E-state index contributed by atoms with van der Waals surface area (Å²) in [5.41, 5.74) is 7.59. The van der Waals surface area contributed by atoms with Crippen molar-refractivity contribution in [3.8, 4) is 0 Å². The number of hydrogen-bond acceptors (Lipinski definition) is 1. The molecular weight excluding hydrogens is 296 g/mol. The third-order valence-electron chi connectivity index (χ3n) is 5.13. The molecule has 1 aromatic heterocycles. The maximum Gasteiger partial charge on any atom is 0.0383 e. The lowest BCUT2D eigenvalue weighted by atomic mass is 9.84. The summed E-state index contributed by atoms with van der Waals surface area (Å²) >= 11 is 1.97. The second-order valence-electron chi connectivity index (χ2n) is 8.97. The third-order valence-corrected chi connectivity index (χ3v) is 6.81. The molecule has 1 aromatic carbocycles. The smallest absolute Gasteiger partial charge is 0.0383 e. The van der Waals surface area contributed by atoms with Crippen LogP contribution in [0.2, 0.25) is 0 Å². The van der Waals surface area contributed by atoms with Gasteiger partial charge in [-0.15, -0.1) is 11.3 Å². The van der Waals surface area contributed by atoms with Gasteiger partial charge in [0.15, 0.2) is 0 Å². The van der Waals surface area contributed by atoms with Gasteiger partial charge in [0.2, 0.25) is 0 Å². The lowest BCUT2D eigenvalue weighted by Crippen LogP contribution is -2.07. The van der Waals surface area contributed by atoms with Gasteiger partial charge >= 0.3 is 0 Å². The van der Waals surface area contributed by atoms with Crippen LogP contribution in [0.4, 0.5) is 0 Å². The normalized spacial score (nSPS) is 13.9. The van der Waals surface area contributed by atoms with Crippen LogP contribution in [0.3, 0.4) is 0 Å². The molecule has 0 aliphatic heterocycles. The summed E-state index contributed by atoms with van der Waals surface area (Å²) in [6.45, 7) is 22.9. The van der Waals surface area contributed by atoms with Crippen molar-refractivity contribution in [2.75, 3.05) is 0 Å². The maximum absolute atomic E-state index is 2.42. The summed E-state index contributed by atoms with van der Waals surface area (Å²) in [7, 11) is 0. The van der Waals surface area contributed by atoms with Gasteiger partial charge in [0.1, 0.15) is 0 Å². The highest BCUT2D eigenvalue weighted by molar-refractivity contribution is 7.19. The van der Waals surface area contributed by atoms with Gasteiger partial charge in [0.25, 0.3) is 0 Å². The Balaban J connectivity index is 2.79. The van der Waals surface area contributed by atoms with Crippen molar-refractivity contribution in [3.63, 3.8) is 0 Å². The summed E-state index contributed by atoms with van der Waals surface area (Å²) in [5.74, 6) is 0. The highest BCUT2D eigenvalue weighted by atomic mass is 32.1. The van der Waals surface area contributed by atoms with E-state index in [9.17, 15) is 0 Å². The van der Waals surface area contributed by atoms with Gasteiger partial charge in [-0.25, -0.2) is 0 Å². The third kappa shape index (κ3) is 3.40. The fraction of sp³-hybridized carbons (Fsp3) is 0.545. The zero-order valence-corrected chi connectivity index (χ0v) is 17.4. The summed E-state index contributed by atoms with van der Waals surface area (Å²) < 4.78 is 1.46. The molecule has 0 saturated heterocycles. The van der Waals surface area contributed by atoms with Gasteiger partial charge in [-0.05, 0) is 72.2 Å². The van der Waals surface area contributed by atoms with Crippen LogP contribution in [0, 0.1) is 26.2 Å². The van der Waals surface area contributed by atoms with E-state index >= 15 is 0 Å². The Hall–Kier alpha value is -1.08. The number of benzene rings is 1. The van der Waals surface area contributed by atoms with Crippen molar-refractivity contribution in [2.24, 2.45) is 5.41 Å². The number of thiophene rings is 1. The van der Waals surface area contributed by atoms with E-state index in [0.717, 1.165) is 0 Å². The maximum atomic E-state index is 2.42. The van der Waals surface area contributed by atoms with Crippen LogP contribution in [-0.4, -0.2) is 0 Å². The Morgan fingerprint density at radius 2 is 1.48 bits per heavy atom. The number of rotatable bonds is 1. The van der Waals surface area contributed by atoms with Crippen LogP contribution in [0.15, 0.2) is 11.6 Å². The molecule has 2 rings (SSSR count). The molecule has 0 spiro atoms. The summed E-state index contributed by atoms with van der Waals surface area (Å²) in [6.07, 6.45) is 2.41. The molecule has 0 aliphatic rings. The van der Waals surface area contributed by atoms with Gasteiger partial charge in [0, 0.05) is 9.58 Å². The molecule has 0 N–H and O–H groups in total. The predicted molar refractivity (Wildman–Crippen MR) is 108 cm³/mol. The quantitative estimate of drug-likeness (QED) is 0.506. The lowest BCUT2D eigenvalue weighted by molar-refractivity contribution is 0.508. The van der Waals surface area contributed by atoms with Crippen LogP contribution < -0.4 is 0 Å². The number of hydrogen-bond donors (Lipinski definition) is 0. The van der Waals surface area contributed by atoms with Gasteiger partial charge < -0.3 is 0 Å². The summed E-state index contributed by atoms with van der Waals surface area (Å²) in [5, 5.41) is 1.44. The van der Waals surface area contributed by atoms with E-state index in [2.05, 4.69) is 81.4 Å². The Kier molecular flexibility index (Phi) is 4.58. The fourth-order valence-corrected chi connectivity index (χ4v) is 4.06. The average molecular weight is 329 g/mol. The predicted octanol–water partition coefficient (Wildman–Crippen LogP) is 7.57. The molecule has 0 atom stereocenters. The van der Waals surface area contributed by atoms with Gasteiger partial charge in [-0.3, -0.25) is 0 Å². The largest absolute Gasteiger partial charge is 0.139 e. The van der Waals surface area contributed by atoms with Crippen LogP contribution in [0.1, 0.15) is 75.6 Å². The molecule has 0 aliphatic carbocycles. The Morgan fingerprint density at radius 1 is 0.913 bits per heavy atom. The van der Waals surface area contributed by atoms with Crippen molar-refractivity contribution in [1.29, 1.82) is 0 Å². The molecule has 2 aromatic rings. The Labute approximate surface area is 146 Å². The minimum Gasteiger partial charge on any atom is -0.139 e.